The largest absolute Gasteiger partial charge is 0.462 e. The van der Waals surface area contributed by atoms with Crippen molar-refractivity contribution >= 4 is 39.6 Å². The summed E-state index contributed by atoms with van der Waals surface area (Å²) in [4.78, 5) is 44.3. The lowest BCUT2D eigenvalue weighted by Gasteiger charge is -2.01. The van der Waals surface area contributed by atoms with Gasteiger partial charge in [0.05, 0.1) is 12.3 Å². The fourth-order valence-corrected chi connectivity index (χ4v) is 3.05. The van der Waals surface area contributed by atoms with Gasteiger partial charge >= 0.3 is 11.7 Å². The fourth-order valence-electron chi connectivity index (χ4n) is 2.18. The van der Waals surface area contributed by atoms with Crippen LogP contribution in [0.15, 0.2) is 27.5 Å². The Morgan fingerprint density at radius 1 is 1.44 bits per heavy atom. The van der Waals surface area contributed by atoms with Crippen LogP contribution in [0, 0.1) is 6.92 Å². The summed E-state index contributed by atoms with van der Waals surface area (Å²) in [6.07, 6.45) is 1.50. The summed E-state index contributed by atoms with van der Waals surface area (Å²) >= 11 is 1.01. The van der Waals surface area contributed by atoms with Crippen LogP contribution < -0.4 is 11.1 Å². The molecule has 0 saturated heterocycles. The first-order chi connectivity index (χ1) is 12.0. The number of oxazole rings is 1. The molecule has 0 aromatic carbocycles. The number of aromatic nitrogens is 3. The van der Waals surface area contributed by atoms with Crippen LogP contribution in [0.3, 0.4) is 0 Å². The Morgan fingerprint density at radius 2 is 2.24 bits per heavy atom. The number of hydrogen-bond acceptors (Lipinski definition) is 8. The van der Waals surface area contributed by atoms with E-state index in [2.05, 4.69) is 15.3 Å². The molecule has 0 fully saturated rings. The average Bonchev–Trinajstić information content (AvgIpc) is 3.08. The number of rotatable bonds is 5. The highest BCUT2D eigenvalue weighted by Crippen LogP contribution is 2.23. The van der Waals surface area contributed by atoms with Gasteiger partial charge in [0.25, 0.3) is 0 Å². The van der Waals surface area contributed by atoms with E-state index in [4.69, 9.17) is 9.15 Å². The smallest absolute Gasteiger partial charge is 0.421 e. The second kappa shape index (κ2) is 6.85. The van der Waals surface area contributed by atoms with Gasteiger partial charge in [-0.3, -0.25) is 4.79 Å². The van der Waals surface area contributed by atoms with E-state index in [0.29, 0.717) is 16.2 Å². The molecule has 9 nitrogen and oxygen atoms in total. The molecule has 1 N–H and O–H groups in total. The molecular weight excluding hydrogens is 348 g/mol. The van der Waals surface area contributed by atoms with Gasteiger partial charge in [0.15, 0.2) is 16.4 Å². The molecule has 130 valence electrons. The molecule has 3 rings (SSSR count). The summed E-state index contributed by atoms with van der Waals surface area (Å²) in [6, 6.07) is 3.22. The molecule has 0 spiro atoms. The minimum Gasteiger partial charge on any atom is -0.462 e. The number of fused-ring (bicyclic) bond motifs is 1. The first kappa shape index (κ1) is 16.8. The van der Waals surface area contributed by atoms with E-state index in [9.17, 15) is 14.4 Å². The molecule has 0 unspecified atom stereocenters. The number of carbonyl (C=O) groups is 2. The van der Waals surface area contributed by atoms with Gasteiger partial charge in [0.1, 0.15) is 11.4 Å². The molecule has 1 amide bonds. The van der Waals surface area contributed by atoms with Crippen LogP contribution >= 0.6 is 11.3 Å². The highest BCUT2D eigenvalue weighted by atomic mass is 32.1. The number of nitrogens with zero attached hydrogens (tertiary/aromatic N) is 3. The molecule has 25 heavy (non-hydrogen) atoms. The third-order valence-electron chi connectivity index (χ3n) is 3.23. The molecule has 0 saturated carbocycles. The second-order valence-corrected chi connectivity index (χ2v) is 5.98. The maximum atomic E-state index is 12.2. The van der Waals surface area contributed by atoms with Crippen LogP contribution in [0.1, 0.15) is 22.3 Å². The van der Waals surface area contributed by atoms with Gasteiger partial charge in [-0.2, -0.15) is 0 Å². The van der Waals surface area contributed by atoms with Crippen LogP contribution in [0.5, 0.6) is 0 Å². The molecule has 0 aliphatic carbocycles. The van der Waals surface area contributed by atoms with E-state index in [-0.39, 0.29) is 23.9 Å². The summed E-state index contributed by atoms with van der Waals surface area (Å²) in [7, 11) is 0. The average molecular weight is 362 g/mol. The number of pyridine rings is 1. The van der Waals surface area contributed by atoms with E-state index in [1.807, 2.05) is 0 Å². The predicted octanol–water partition coefficient (Wildman–Crippen LogP) is 1.57. The van der Waals surface area contributed by atoms with Crippen molar-refractivity contribution in [1.29, 1.82) is 0 Å². The molecule has 0 radical (unpaired) electrons. The summed E-state index contributed by atoms with van der Waals surface area (Å²) in [6.45, 7) is 3.33. The monoisotopic (exact) mass is 362 g/mol. The Labute approximate surface area is 145 Å². The van der Waals surface area contributed by atoms with Crippen molar-refractivity contribution in [1.82, 2.24) is 14.5 Å². The Hall–Kier alpha value is -3.01. The lowest BCUT2D eigenvalue weighted by Crippen LogP contribution is -2.25. The molecule has 0 atom stereocenters. The first-order valence-electron chi connectivity index (χ1n) is 7.38. The number of aryl methyl sites for hydroxylation is 1. The van der Waals surface area contributed by atoms with Crippen molar-refractivity contribution in [2.24, 2.45) is 0 Å². The number of thiazole rings is 1. The van der Waals surface area contributed by atoms with E-state index in [1.54, 1.807) is 26.0 Å². The van der Waals surface area contributed by atoms with Gasteiger partial charge in [-0.05, 0) is 26.0 Å². The van der Waals surface area contributed by atoms with Gasteiger partial charge in [-0.1, -0.05) is 11.3 Å². The number of nitrogens with one attached hydrogen (secondary N) is 1. The highest BCUT2D eigenvalue weighted by Gasteiger charge is 2.19. The van der Waals surface area contributed by atoms with Crippen LogP contribution in [0.2, 0.25) is 0 Å². The van der Waals surface area contributed by atoms with Gasteiger partial charge in [0.2, 0.25) is 5.91 Å². The number of anilines is 1. The van der Waals surface area contributed by atoms with Gasteiger partial charge in [0, 0.05) is 6.20 Å². The molecular formula is C15H14N4O5S. The summed E-state index contributed by atoms with van der Waals surface area (Å²) in [5.74, 6) is -1.65. The number of amides is 1. The third kappa shape index (κ3) is 3.43. The highest BCUT2D eigenvalue weighted by molar-refractivity contribution is 7.17. The number of hydrogen-bond donors (Lipinski definition) is 1. The number of carbonyl (C=O) groups excluding carboxylic acids is 2. The van der Waals surface area contributed by atoms with Crippen molar-refractivity contribution in [3.63, 3.8) is 0 Å². The molecule has 0 aliphatic heterocycles. The molecule has 3 aromatic rings. The third-order valence-corrected chi connectivity index (χ3v) is 4.28. The Morgan fingerprint density at radius 3 is 3.00 bits per heavy atom. The maximum Gasteiger partial charge on any atom is 0.421 e. The summed E-state index contributed by atoms with van der Waals surface area (Å²) in [5.41, 5.74) is 1.05. The second-order valence-electron chi connectivity index (χ2n) is 4.98. The quantitative estimate of drug-likeness (QED) is 0.685. The van der Waals surface area contributed by atoms with Gasteiger partial charge < -0.3 is 14.5 Å². The van der Waals surface area contributed by atoms with E-state index in [0.717, 1.165) is 15.9 Å². The lowest BCUT2D eigenvalue weighted by atomic mass is 10.4. The van der Waals surface area contributed by atoms with Crippen LogP contribution in [-0.4, -0.2) is 33.0 Å². The van der Waals surface area contributed by atoms with E-state index in [1.165, 1.54) is 6.20 Å². The van der Waals surface area contributed by atoms with Gasteiger partial charge in [-0.25, -0.2) is 24.1 Å². The first-order valence-corrected chi connectivity index (χ1v) is 8.20. The Balaban J connectivity index is 1.77. The van der Waals surface area contributed by atoms with E-state index < -0.39 is 17.6 Å². The Bertz CT molecular complexity index is 1000. The van der Waals surface area contributed by atoms with Crippen molar-refractivity contribution < 1.29 is 18.7 Å². The number of esters is 1. The van der Waals surface area contributed by atoms with E-state index >= 15 is 0 Å². The SMILES string of the molecule is CCOC(=O)c1sc(NC(=O)Cn2c(=O)oc3cccnc32)nc1C. The Kier molecular flexibility index (Phi) is 4.61. The summed E-state index contributed by atoms with van der Waals surface area (Å²) < 4.78 is 11.1. The number of ether oxygens (including phenoxy) is 1. The minimum absolute atomic E-state index is 0.249. The van der Waals surface area contributed by atoms with Crippen molar-refractivity contribution in [3.8, 4) is 0 Å². The molecule has 0 bridgehead atoms. The van der Waals surface area contributed by atoms with Crippen LogP contribution in [0.4, 0.5) is 5.13 Å². The van der Waals surface area contributed by atoms with Crippen molar-refractivity contribution in [3.05, 3.63) is 39.5 Å². The maximum absolute atomic E-state index is 12.2. The van der Waals surface area contributed by atoms with Crippen molar-refractivity contribution in [2.45, 2.75) is 20.4 Å². The van der Waals surface area contributed by atoms with Crippen LogP contribution in [-0.2, 0) is 16.1 Å². The minimum atomic E-state index is -0.675. The molecule has 10 heteroatoms. The molecule has 3 heterocycles. The van der Waals surface area contributed by atoms with Crippen LogP contribution in [0.25, 0.3) is 11.2 Å². The normalized spacial score (nSPS) is 10.8. The standard InChI is InChI=1S/C15H14N4O5S/c1-3-23-13(21)11-8(2)17-14(25-11)18-10(20)7-19-12-9(24-15(19)22)5-4-6-16-12/h4-6H,3,7H2,1-2H3,(H,17,18,20). The zero-order valence-electron chi connectivity index (χ0n) is 13.4. The van der Waals surface area contributed by atoms with Gasteiger partial charge in [-0.15, -0.1) is 0 Å². The fraction of sp³-hybridized carbons (Fsp3) is 0.267. The van der Waals surface area contributed by atoms with Crippen molar-refractivity contribution in [2.75, 3.05) is 11.9 Å². The topological polar surface area (TPSA) is 116 Å². The molecule has 0 aliphatic rings. The molecule has 3 aromatic heterocycles. The zero-order valence-corrected chi connectivity index (χ0v) is 14.3. The lowest BCUT2D eigenvalue weighted by molar-refractivity contribution is -0.116. The predicted molar refractivity (Wildman–Crippen MR) is 89.7 cm³/mol. The summed E-state index contributed by atoms with van der Waals surface area (Å²) in [5, 5.41) is 2.81. The zero-order chi connectivity index (χ0) is 18.0.